The van der Waals surface area contributed by atoms with Gasteiger partial charge in [-0.05, 0) is 37.9 Å². The highest BCUT2D eigenvalue weighted by Crippen LogP contribution is 2.24. The Morgan fingerprint density at radius 1 is 1.43 bits per heavy atom. The molecule has 2 N–H and O–H groups in total. The van der Waals surface area contributed by atoms with E-state index in [0.717, 1.165) is 6.42 Å². The van der Waals surface area contributed by atoms with Crippen molar-refractivity contribution in [3.8, 4) is 5.75 Å². The summed E-state index contributed by atoms with van der Waals surface area (Å²) in [5.41, 5.74) is 6.68. The minimum Gasteiger partial charge on any atom is -0.496 e. The van der Waals surface area contributed by atoms with Crippen LogP contribution < -0.4 is 10.5 Å². The van der Waals surface area contributed by atoms with E-state index in [4.69, 9.17) is 10.5 Å². The van der Waals surface area contributed by atoms with Gasteiger partial charge in [0.05, 0.1) is 7.11 Å². The van der Waals surface area contributed by atoms with Crippen molar-refractivity contribution < 1.29 is 9.13 Å². The summed E-state index contributed by atoms with van der Waals surface area (Å²) >= 11 is 0. The summed E-state index contributed by atoms with van der Waals surface area (Å²) in [7, 11) is 1.55. The molecular formula is C11H16FNO. The minimum atomic E-state index is -0.169. The zero-order valence-corrected chi connectivity index (χ0v) is 8.64. The highest BCUT2D eigenvalue weighted by atomic mass is 19.1. The van der Waals surface area contributed by atoms with Crippen LogP contribution in [0.3, 0.4) is 0 Å². The van der Waals surface area contributed by atoms with Crippen LogP contribution in [0.1, 0.15) is 17.5 Å². The number of benzene rings is 1. The lowest BCUT2D eigenvalue weighted by Gasteiger charge is -2.10. The largest absolute Gasteiger partial charge is 0.496 e. The first-order chi connectivity index (χ1) is 6.70. The maximum Gasteiger partial charge on any atom is 0.132 e. The van der Waals surface area contributed by atoms with Crippen LogP contribution in [0, 0.1) is 12.7 Å². The molecule has 0 spiro atoms. The predicted molar refractivity (Wildman–Crippen MR) is 55.1 cm³/mol. The Morgan fingerprint density at radius 2 is 2.14 bits per heavy atom. The number of rotatable bonds is 4. The highest BCUT2D eigenvalue weighted by Gasteiger charge is 2.10. The van der Waals surface area contributed by atoms with Gasteiger partial charge in [0.2, 0.25) is 0 Å². The molecule has 0 aliphatic rings. The van der Waals surface area contributed by atoms with Gasteiger partial charge in [0.1, 0.15) is 11.6 Å². The van der Waals surface area contributed by atoms with E-state index in [9.17, 15) is 4.39 Å². The third kappa shape index (κ3) is 2.23. The van der Waals surface area contributed by atoms with Crippen molar-refractivity contribution in [1.29, 1.82) is 0 Å². The molecule has 0 unspecified atom stereocenters. The van der Waals surface area contributed by atoms with E-state index in [-0.39, 0.29) is 5.82 Å². The van der Waals surface area contributed by atoms with Crippen LogP contribution in [-0.4, -0.2) is 13.7 Å². The average molecular weight is 197 g/mol. The molecule has 0 fully saturated rings. The van der Waals surface area contributed by atoms with Crippen molar-refractivity contribution in [3.05, 3.63) is 29.1 Å². The van der Waals surface area contributed by atoms with Crippen LogP contribution in [0.15, 0.2) is 12.1 Å². The van der Waals surface area contributed by atoms with Crippen molar-refractivity contribution in [1.82, 2.24) is 0 Å². The molecule has 0 atom stereocenters. The van der Waals surface area contributed by atoms with E-state index in [1.54, 1.807) is 26.2 Å². The molecule has 3 heteroatoms. The van der Waals surface area contributed by atoms with E-state index in [0.29, 0.717) is 29.8 Å². The second kappa shape index (κ2) is 4.96. The lowest BCUT2D eigenvalue weighted by molar-refractivity contribution is 0.403. The molecular weight excluding hydrogens is 181 g/mol. The first kappa shape index (κ1) is 11.0. The van der Waals surface area contributed by atoms with Gasteiger partial charge in [-0.1, -0.05) is 6.07 Å². The van der Waals surface area contributed by atoms with Crippen molar-refractivity contribution in [2.45, 2.75) is 19.8 Å². The summed E-state index contributed by atoms with van der Waals surface area (Å²) < 4.78 is 18.7. The van der Waals surface area contributed by atoms with Crippen LogP contribution in [0.5, 0.6) is 5.75 Å². The summed E-state index contributed by atoms with van der Waals surface area (Å²) in [4.78, 5) is 0. The molecule has 78 valence electrons. The Hall–Kier alpha value is -1.09. The Bertz CT molecular complexity index is 312. The monoisotopic (exact) mass is 197 g/mol. The maximum atomic E-state index is 13.7. The molecule has 2 nitrogen and oxygen atoms in total. The molecule has 0 aromatic heterocycles. The third-order valence-electron chi connectivity index (χ3n) is 2.24. The van der Waals surface area contributed by atoms with Crippen LogP contribution >= 0.6 is 0 Å². The van der Waals surface area contributed by atoms with E-state index >= 15 is 0 Å². The van der Waals surface area contributed by atoms with E-state index < -0.39 is 0 Å². The first-order valence-electron chi connectivity index (χ1n) is 4.72. The minimum absolute atomic E-state index is 0.169. The Balaban J connectivity index is 3.01. The molecule has 1 aromatic carbocycles. The zero-order chi connectivity index (χ0) is 10.6. The van der Waals surface area contributed by atoms with E-state index in [2.05, 4.69) is 0 Å². The van der Waals surface area contributed by atoms with Crippen molar-refractivity contribution in [2.24, 2.45) is 5.73 Å². The van der Waals surface area contributed by atoms with Gasteiger partial charge in [0.15, 0.2) is 0 Å². The van der Waals surface area contributed by atoms with Gasteiger partial charge in [-0.25, -0.2) is 4.39 Å². The third-order valence-corrected chi connectivity index (χ3v) is 2.24. The first-order valence-corrected chi connectivity index (χ1v) is 4.72. The Kier molecular flexibility index (Phi) is 3.89. The maximum absolute atomic E-state index is 13.7. The zero-order valence-electron chi connectivity index (χ0n) is 8.64. The molecule has 0 aliphatic carbocycles. The normalized spacial score (nSPS) is 10.3. The SMILES string of the molecule is COc1ccc(C)c(F)c1CCCN. The summed E-state index contributed by atoms with van der Waals surface area (Å²) in [6.45, 7) is 2.32. The molecule has 1 rings (SSSR count). The smallest absolute Gasteiger partial charge is 0.132 e. The van der Waals surface area contributed by atoms with Crippen LogP contribution in [0.25, 0.3) is 0 Å². The van der Waals surface area contributed by atoms with Gasteiger partial charge in [-0.3, -0.25) is 0 Å². The van der Waals surface area contributed by atoms with Gasteiger partial charge in [0.25, 0.3) is 0 Å². The van der Waals surface area contributed by atoms with Gasteiger partial charge in [-0.2, -0.15) is 0 Å². The molecule has 1 aromatic rings. The fourth-order valence-electron chi connectivity index (χ4n) is 1.42. The molecule has 0 radical (unpaired) electrons. The van der Waals surface area contributed by atoms with Gasteiger partial charge >= 0.3 is 0 Å². The number of hydrogen-bond donors (Lipinski definition) is 1. The number of halogens is 1. The van der Waals surface area contributed by atoms with E-state index in [1.165, 1.54) is 0 Å². The van der Waals surface area contributed by atoms with Gasteiger partial charge in [0, 0.05) is 5.56 Å². The molecule has 0 bridgehead atoms. The fourth-order valence-corrected chi connectivity index (χ4v) is 1.42. The van der Waals surface area contributed by atoms with Crippen LogP contribution in [-0.2, 0) is 6.42 Å². The number of nitrogens with two attached hydrogens (primary N) is 1. The molecule has 0 aliphatic heterocycles. The summed E-state index contributed by atoms with van der Waals surface area (Å²) in [5.74, 6) is 0.444. The quantitative estimate of drug-likeness (QED) is 0.801. The van der Waals surface area contributed by atoms with Crippen molar-refractivity contribution in [3.63, 3.8) is 0 Å². The number of hydrogen-bond acceptors (Lipinski definition) is 2. The molecule has 0 amide bonds. The number of aryl methyl sites for hydroxylation is 1. The average Bonchev–Trinajstić information content (AvgIpc) is 2.20. The highest BCUT2D eigenvalue weighted by molar-refractivity contribution is 5.38. The molecule has 0 saturated carbocycles. The topological polar surface area (TPSA) is 35.2 Å². The van der Waals surface area contributed by atoms with E-state index in [1.807, 2.05) is 0 Å². The standard InChI is InChI=1S/C11H16FNO/c1-8-5-6-10(14-2)9(11(8)12)4-3-7-13/h5-6H,3-4,7,13H2,1-2H3. The Labute approximate surface area is 83.9 Å². The van der Waals surface area contributed by atoms with Gasteiger partial charge < -0.3 is 10.5 Å². The summed E-state index contributed by atoms with van der Waals surface area (Å²) in [6.07, 6.45) is 1.41. The van der Waals surface area contributed by atoms with Gasteiger partial charge in [-0.15, -0.1) is 0 Å². The summed E-state index contributed by atoms with van der Waals surface area (Å²) in [6, 6.07) is 3.52. The lowest BCUT2D eigenvalue weighted by atomic mass is 10.0. The number of ether oxygens (including phenoxy) is 1. The lowest BCUT2D eigenvalue weighted by Crippen LogP contribution is -2.04. The summed E-state index contributed by atoms with van der Waals surface area (Å²) in [5, 5.41) is 0. The van der Waals surface area contributed by atoms with Crippen LogP contribution in [0.2, 0.25) is 0 Å². The molecule has 0 heterocycles. The van der Waals surface area contributed by atoms with Crippen LogP contribution in [0.4, 0.5) is 4.39 Å². The second-order valence-corrected chi connectivity index (χ2v) is 3.27. The fraction of sp³-hybridized carbons (Fsp3) is 0.455. The second-order valence-electron chi connectivity index (χ2n) is 3.27. The predicted octanol–water partition coefficient (Wildman–Crippen LogP) is 2.03. The molecule has 0 saturated heterocycles. The number of methoxy groups -OCH3 is 1. The molecule has 14 heavy (non-hydrogen) atoms. The Morgan fingerprint density at radius 3 is 2.71 bits per heavy atom. The van der Waals surface area contributed by atoms with Crippen molar-refractivity contribution >= 4 is 0 Å². The van der Waals surface area contributed by atoms with Crippen molar-refractivity contribution in [2.75, 3.05) is 13.7 Å².